The van der Waals surface area contributed by atoms with Crippen LogP contribution < -0.4 is 20.0 Å². The molecule has 406 valence electrons. The second kappa shape index (κ2) is 17.2. The third-order valence-electron chi connectivity index (χ3n) is 22.9. The minimum absolute atomic E-state index is 0.0479. The minimum Gasteiger partial charge on any atom is -0.375 e. The van der Waals surface area contributed by atoms with Crippen LogP contribution in [0.1, 0.15) is 115 Å². The number of hydrogen-bond acceptors (Lipinski definition) is 3. The van der Waals surface area contributed by atoms with Crippen LogP contribution in [-0.2, 0) is 16.2 Å². The Morgan fingerprint density at radius 3 is 1.65 bits per heavy atom. The maximum atomic E-state index is 2.91. The van der Waals surface area contributed by atoms with Crippen molar-refractivity contribution in [3.63, 3.8) is 0 Å². The van der Waals surface area contributed by atoms with E-state index >= 15 is 0 Å². The second-order valence-electron chi connectivity index (χ2n) is 28.9. The van der Waals surface area contributed by atoms with Gasteiger partial charge < -0.3 is 14.3 Å². The third kappa shape index (κ3) is 6.98. The summed E-state index contributed by atoms with van der Waals surface area (Å²) >= 11 is 2.05. The number of nitrogens with zero attached hydrogens (tertiary/aromatic N) is 3. The van der Waals surface area contributed by atoms with Crippen LogP contribution in [0.2, 0.25) is 0 Å². The Labute approximate surface area is 493 Å². The summed E-state index contributed by atoms with van der Waals surface area (Å²) in [7, 11) is 0. The monoisotopic (exact) mass is 1090 g/mol. The first-order valence-electron chi connectivity index (χ1n) is 31.8. The van der Waals surface area contributed by atoms with Crippen molar-refractivity contribution < 1.29 is 0 Å². The number of hydrogen-bond donors (Lipinski definition) is 0. The molecule has 4 heterocycles. The van der Waals surface area contributed by atoms with Crippen molar-refractivity contribution >= 4 is 105 Å². The molecule has 11 aromatic rings. The number of thiophene rings is 1. The molecule has 9 aromatic carbocycles. The van der Waals surface area contributed by atoms with Crippen molar-refractivity contribution in [1.82, 2.24) is 4.48 Å². The van der Waals surface area contributed by atoms with Gasteiger partial charge in [-0.3, -0.25) is 0 Å². The first kappa shape index (κ1) is 48.1. The summed E-state index contributed by atoms with van der Waals surface area (Å²) in [5.74, 6) is 5.23. The highest BCUT2D eigenvalue weighted by Crippen LogP contribution is 2.64. The zero-order valence-electron chi connectivity index (χ0n) is 48.2. The van der Waals surface area contributed by atoms with Gasteiger partial charge >= 0.3 is 6.85 Å². The van der Waals surface area contributed by atoms with Gasteiger partial charge in [-0.2, -0.15) is 0 Å². The molecule has 0 N–H and O–H groups in total. The molecule has 21 rings (SSSR count). The average Bonchev–Trinajstić information content (AvgIpc) is 2.51. The van der Waals surface area contributed by atoms with Gasteiger partial charge in [0.25, 0.3) is 0 Å². The van der Waals surface area contributed by atoms with E-state index < -0.39 is 0 Å². The van der Waals surface area contributed by atoms with E-state index in [1.54, 1.807) is 11.1 Å². The van der Waals surface area contributed by atoms with Gasteiger partial charge in [0.2, 0.25) is 0 Å². The summed E-state index contributed by atoms with van der Waals surface area (Å²) in [6.07, 6.45) is 16.9. The number of benzene rings is 9. The van der Waals surface area contributed by atoms with E-state index in [0.717, 1.165) is 46.9 Å². The molecule has 8 saturated carbocycles. The molecule has 8 aliphatic carbocycles. The SMILES string of the molecule is CC(C)(C)c1ccc(N2c3cc(N(c4ccccc4)c4ccccc4)cc4c3B(c3sc5cc6ccccc6cc5c32)n2c3ccc(C56CC7CC(CC(C7)C5)C6)cc3c3cc(C56CC7CC(CC(C7)C5)C6)cc-4c32)c(-c2ccccc2)c1. The maximum absolute atomic E-state index is 2.91. The van der Waals surface area contributed by atoms with Crippen LogP contribution in [0.25, 0.3) is 64.9 Å². The molecule has 2 aromatic heterocycles. The van der Waals surface area contributed by atoms with Gasteiger partial charge in [0.05, 0.1) is 11.4 Å². The number of aromatic nitrogens is 1. The lowest BCUT2D eigenvalue weighted by atomic mass is 9.47. The lowest BCUT2D eigenvalue weighted by Crippen LogP contribution is -2.55. The molecule has 5 heteroatoms. The Kier molecular flexibility index (Phi) is 9.94. The first-order chi connectivity index (χ1) is 40.6. The average molecular weight is 1090 g/mol. The number of rotatable bonds is 7. The lowest BCUT2D eigenvalue weighted by molar-refractivity contribution is -0.00527. The second-order valence-corrected chi connectivity index (χ2v) is 30.0. The molecular formula is C78H70BN3S. The van der Waals surface area contributed by atoms with Gasteiger partial charge in [-0.1, -0.05) is 124 Å². The maximum Gasteiger partial charge on any atom is 0.343 e. The molecule has 0 atom stereocenters. The Hall–Kier alpha value is -7.34. The fourth-order valence-electron chi connectivity index (χ4n) is 20.3. The highest BCUT2D eigenvalue weighted by atomic mass is 32.1. The zero-order chi connectivity index (χ0) is 54.7. The molecular weight excluding hydrogens is 1020 g/mol. The van der Waals surface area contributed by atoms with Crippen LogP contribution in [0.5, 0.6) is 0 Å². The van der Waals surface area contributed by atoms with Crippen molar-refractivity contribution in [2.75, 3.05) is 9.80 Å². The summed E-state index contributed by atoms with van der Waals surface area (Å²) < 4.78 is 5.69. The summed E-state index contributed by atoms with van der Waals surface area (Å²) in [4.78, 5) is 5.31. The quantitative estimate of drug-likeness (QED) is 0.147. The Morgan fingerprint density at radius 2 is 1.04 bits per heavy atom. The molecule has 0 saturated heterocycles. The Morgan fingerprint density at radius 1 is 0.470 bits per heavy atom. The van der Waals surface area contributed by atoms with E-state index in [9.17, 15) is 0 Å². The molecule has 0 unspecified atom stereocenters. The molecule has 2 aliphatic heterocycles. The van der Waals surface area contributed by atoms with E-state index in [0.29, 0.717) is 5.41 Å². The van der Waals surface area contributed by atoms with Crippen LogP contribution in [0.4, 0.5) is 34.1 Å². The van der Waals surface area contributed by atoms with Gasteiger partial charge in [-0.15, -0.1) is 11.3 Å². The summed E-state index contributed by atoms with van der Waals surface area (Å²) in [5.41, 5.74) is 22.0. The lowest BCUT2D eigenvalue weighted by Gasteiger charge is -2.57. The largest absolute Gasteiger partial charge is 0.375 e. The number of anilines is 6. The van der Waals surface area contributed by atoms with Gasteiger partial charge in [-0.05, 0) is 258 Å². The van der Waals surface area contributed by atoms with Crippen LogP contribution in [0.15, 0.2) is 188 Å². The van der Waals surface area contributed by atoms with Crippen LogP contribution >= 0.6 is 11.3 Å². The van der Waals surface area contributed by atoms with Crippen molar-refractivity contribution in [3.8, 4) is 22.3 Å². The Bertz CT molecular complexity index is 4410. The van der Waals surface area contributed by atoms with Crippen LogP contribution in [-0.4, -0.2) is 11.3 Å². The molecule has 83 heavy (non-hydrogen) atoms. The van der Waals surface area contributed by atoms with Gasteiger partial charge in [0.1, 0.15) is 0 Å². The number of fused-ring (bicyclic) bond motifs is 10. The highest BCUT2D eigenvalue weighted by Gasteiger charge is 2.54. The van der Waals surface area contributed by atoms with Crippen molar-refractivity contribution in [2.24, 2.45) is 35.5 Å². The van der Waals surface area contributed by atoms with E-state index in [4.69, 9.17) is 0 Å². The topological polar surface area (TPSA) is 11.4 Å². The van der Waals surface area contributed by atoms with E-state index in [-0.39, 0.29) is 17.7 Å². The smallest absolute Gasteiger partial charge is 0.343 e. The molecule has 8 fully saturated rings. The predicted molar refractivity (Wildman–Crippen MR) is 351 cm³/mol. The summed E-state index contributed by atoms with van der Waals surface area (Å²) in [6.45, 7) is 7.04. The Balaban J connectivity index is 0.967. The molecule has 0 amide bonds. The third-order valence-corrected chi connectivity index (χ3v) is 24.1. The normalized spacial score (nSPS) is 26.0. The van der Waals surface area contributed by atoms with Crippen molar-refractivity contribution in [1.29, 1.82) is 0 Å². The fraction of sp³-hybridized carbons (Fsp3) is 0.308. The number of para-hydroxylation sites is 2. The summed E-state index contributed by atoms with van der Waals surface area (Å²) in [5, 5.41) is 6.89. The molecule has 0 radical (unpaired) electrons. The minimum atomic E-state index is -0.0555. The van der Waals surface area contributed by atoms with Crippen molar-refractivity contribution in [3.05, 3.63) is 205 Å². The van der Waals surface area contributed by atoms with E-state index in [1.807, 2.05) is 11.3 Å². The van der Waals surface area contributed by atoms with E-state index in [2.05, 4.69) is 223 Å². The predicted octanol–water partition coefficient (Wildman–Crippen LogP) is 19.9. The van der Waals surface area contributed by atoms with Gasteiger partial charge in [-0.25, -0.2) is 0 Å². The van der Waals surface area contributed by atoms with Gasteiger partial charge in [0, 0.05) is 70.5 Å². The van der Waals surface area contributed by atoms with Crippen molar-refractivity contribution in [2.45, 2.75) is 114 Å². The first-order valence-corrected chi connectivity index (χ1v) is 32.6. The molecule has 3 nitrogen and oxygen atoms in total. The summed E-state index contributed by atoms with van der Waals surface area (Å²) in [6, 6.07) is 74.2. The van der Waals surface area contributed by atoms with Crippen LogP contribution in [0, 0.1) is 35.5 Å². The standard InChI is InChI=1S/C78H70BN3S/c1-76(2,3)56-23-25-68(62(35-56)53-15-7-4-8-16-53)81-70-40-61(80(59-19-9-5-10-20-59)60-21-11-6-12-22-60)39-64-66-38-58(78-44-50-30-51(45-78)32-52(31-50)46-78)37-65-63-36-57(77-41-47-27-48(42-77)29-49(28-47)43-77)24-26-69(63)82(73(65)66)79(72(64)70)75-74(81)67-33-54-17-13-14-18-55(54)34-71(67)83-75/h4-26,33-40,47-52H,27-32,41-46H2,1-3H3. The van der Waals surface area contributed by atoms with Gasteiger partial charge in [0.15, 0.2) is 0 Å². The molecule has 10 aliphatic rings. The van der Waals surface area contributed by atoms with E-state index in [1.165, 1.54) is 181 Å². The van der Waals surface area contributed by atoms with Crippen LogP contribution in [0.3, 0.4) is 0 Å². The fourth-order valence-corrected chi connectivity index (χ4v) is 21.6. The molecule has 8 bridgehead atoms. The highest BCUT2D eigenvalue weighted by molar-refractivity contribution is 7.32. The zero-order valence-corrected chi connectivity index (χ0v) is 49.0. The molecule has 0 spiro atoms.